The van der Waals surface area contributed by atoms with E-state index in [2.05, 4.69) is 17.1 Å². The molecule has 8 heteroatoms. The van der Waals surface area contributed by atoms with Gasteiger partial charge in [-0.1, -0.05) is 12.1 Å². The number of nitrogens with one attached hydrogen (secondary N) is 1. The summed E-state index contributed by atoms with van der Waals surface area (Å²) in [5, 5.41) is 3.39. The Balaban J connectivity index is 0.00000341. The Morgan fingerprint density at radius 2 is 1.97 bits per heavy atom. The summed E-state index contributed by atoms with van der Waals surface area (Å²) in [5.74, 6) is 0.654. The lowest BCUT2D eigenvalue weighted by atomic mass is 10.1. The van der Waals surface area contributed by atoms with Gasteiger partial charge < -0.3 is 24.4 Å². The Morgan fingerprint density at radius 3 is 2.58 bits per heavy atom. The molecule has 2 heterocycles. The van der Waals surface area contributed by atoms with E-state index in [9.17, 15) is 4.39 Å². The van der Waals surface area contributed by atoms with E-state index in [0.717, 1.165) is 57.0 Å². The largest absolute Gasteiger partial charge is 0.376 e. The van der Waals surface area contributed by atoms with E-state index in [0.29, 0.717) is 19.3 Å². The molecule has 2 atom stereocenters. The molecule has 2 unspecified atom stereocenters. The molecular weight excluding hydrogens is 512 g/mol. The number of rotatable bonds is 8. The molecule has 0 bridgehead atoms. The molecule has 31 heavy (non-hydrogen) atoms. The van der Waals surface area contributed by atoms with E-state index in [1.165, 1.54) is 25.0 Å². The zero-order chi connectivity index (χ0) is 21.2. The van der Waals surface area contributed by atoms with Gasteiger partial charge in [-0.2, -0.15) is 0 Å². The minimum absolute atomic E-state index is 0. The number of methoxy groups -OCH3 is 1. The number of aliphatic imine (C=N–C) groups is 1. The van der Waals surface area contributed by atoms with E-state index >= 15 is 0 Å². The molecular formula is C23H37FIN3O3. The molecule has 6 nitrogen and oxygen atoms in total. The second-order valence-electron chi connectivity index (χ2n) is 7.98. The normalized spacial score (nSPS) is 21.5. The van der Waals surface area contributed by atoms with Crippen LogP contribution in [0.5, 0.6) is 0 Å². The SMILES string of the molecule is CCNC(=NCC(OC)c1ccc(F)cc1)N1CCC(OCC2CCCCO2)CC1.I. The van der Waals surface area contributed by atoms with Gasteiger partial charge in [-0.25, -0.2) is 4.39 Å². The fourth-order valence-corrected chi connectivity index (χ4v) is 4.01. The Morgan fingerprint density at radius 1 is 1.23 bits per heavy atom. The van der Waals surface area contributed by atoms with Crippen molar-refractivity contribution in [1.82, 2.24) is 10.2 Å². The number of hydrogen-bond donors (Lipinski definition) is 1. The van der Waals surface area contributed by atoms with Crippen molar-refractivity contribution in [2.45, 2.75) is 57.3 Å². The molecule has 0 radical (unpaired) electrons. The first-order valence-electron chi connectivity index (χ1n) is 11.2. The van der Waals surface area contributed by atoms with Crippen molar-refractivity contribution in [2.24, 2.45) is 4.99 Å². The van der Waals surface area contributed by atoms with Crippen LogP contribution in [-0.2, 0) is 14.2 Å². The van der Waals surface area contributed by atoms with Gasteiger partial charge in [0, 0.05) is 33.4 Å². The van der Waals surface area contributed by atoms with Gasteiger partial charge in [0.15, 0.2) is 5.96 Å². The smallest absolute Gasteiger partial charge is 0.194 e. The zero-order valence-corrected chi connectivity index (χ0v) is 21.1. The molecule has 2 fully saturated rings. The van der Waals surface area contributed by atoms with Crippen LogP contribution >= 0.6 is 24.0 Å². The van der Waals surface area contributed by atoms with Gasteiger partial charge >= 0.3 is 0 Å². The molecule has 1 aromatic carbocycles. The van der Waals surface area contributed by atoms with Crippen molar-refractivity contribution in [1.29, 1.82) is 0 Å². The lowest BCUT2D eigenvalue weighted by Crippen LogP contribution is -2.47. The maximum absolute atomic E-state index is 13.2. The van der Waals surface area contributed by atoms with E-state index < -0.39 is 0 Å². The molecule has 0 spiro atoms. The van der Waals surface area contributed by atoms with Crippen LogP contribution in [0, 0.1) is 5.82 Å². The monoisotopic (exact) mass is 549 g/mol. The van der Waals surface area contributed by atoms with Crippen molar-refractivity contribution in [3.05, 3.63) is 35.6 Å². The molecule has 2 saturated heterocycles. The van der Waals surface area contributed by atoms with E-state index in [-0.39, 0.29) is 42.0 Å². The molecule has 0 amide bonds. The van der Waals surface area contributed by atoms with Crippen molar-refractivity contribution < 1.29 is 18.6 Å². The maximum Gasteiger partial charge on any atom is 0.194 e. The molecule has 3 rings (SSSR count). The number of likely N-dealkylation sites (tertiary alicyclic amines) is 1. The fraction of sp³-hybridized carbons (Fsp3) is 0.696. The standard InChI is InChI=1S/C23H36FN3O3.HI/c1-3-25-23(26-16-22(28-2)18-7-9-19(24)10-8-18)27-13-11-20(12-14-27)30-17-21-6-4-5-15-29-21;/h7-10,20-22H,3-6,11-17H2,1-2H3,(H,25,26);1H. The number of piperidine rings is 1. The minimum atomic E-state index is -0.245. The summed E-state index contributed by atoms with van der Waals surface area (Å²) in [4.78, 5) is 7.09. The lowest BCUT2D eigenvalue weighted by molar-refractivity contribution is -0.0721. The molecule has 2 aliphatic rings. The number of nitrogens with zero attached hydrogens (tertiary/aromatic N) is 2. The minimum Gasteiger partial charge on any atom is -0.376 e. The Labute approximate surface area is 202 Å². The highest BCUT2D eigenvalue weighted by molar-refractivity contribution is 14.0. The Hall–Kier alpha value is -0.970. The van der Waals surface area contributed by atoms with Crippen LogP contribution in [0.2, 0.25) is 0 Å². The third kappa shape index (κ3) is 8.47. The molecule has 2 aliphatic heterocycles. The van der Waals surface area contributed by atoms with Crippen molar-refractivity contribution in [2.75, 3.05) is 46.5 Å². The van der Waals surface area contributed by atoms with Gasteiger partial charge in [-0.15, -0.1) is 24.0 Å². The predicted molar refractivity (Wildman–Crippen MR) is 132 cm³/mol. The van der Waals surface area contributed by atoms with E-state index in [1.807, 2.05) is 0 Å². The van der Waals surface area contributed by atoms with Gasteiger partial charge in [0.05, 0.1) is 25.4 Å². The zero-order valence-electron chi connectivity index (χ0n) is 18.7. The summed E-state index contributed by atoms with van der Waals surface area (Å²) < 4.78 is 30.7. The highest BCUT2D eigenvalue weighted by Gasteiger charge is 2.24. The molecule has 0 aromatic heterocycles. The lowest BCUT2D eigenvalue weighted by Gasteiger charge is -2.35. The first kappa shape index (κ1) is 26.3. The van der Waals surface area contributed by atoms with Crippen LogP contribution in [0.3, 0.4) is 0 Å². The van der Waals surface area contributed by atoms with Gasteiger partial charge in [0.1, 0.15) is 11.9 Å². The second kappa shape index (κ2) is 14.2. The van der Waals surface area contributed by atoms with Crippen LogP contribution in [-0.4, -0.2) is 69.6 Å². The topological polar surface area (TPSA) is 55.3 Å². The number of hydrogen-bond acceptors (Lipinski definition) is 4. The van der Waals surface area contributed by atoms with Gasteiger partial charge in [0.25, 0.3) is 0 Å². The summed E-state index contributed by atoms with van der Waals surface area (Å²) in [7, 11) is 1.66. The second-order valence-corrected chi connectivity index (χ2v) is 7.98. The Kier molecular flexibility index (Phi) is 12.1. The third-order valence-corrected chi connectivity index (χ3v) is 5.80. The quantitative estimate of drug-likeness (QED) is 0.300. The summed E-state index contributed by atoms with van der Waals surface area (Å²) in [6.45, 7) is 6.78. The highest BCUT2D eigenvalue weighted by atomic mass is 127. The van der Waals surface area contributed by atoms with Gasteiger partial charge in [-0.05, 0) is 56.7 Å². The van der Waals surface area contributed by atoms with Crippen LogP contribution < -0.4 is 5.32 Å². The van der Waals surface area contributed by atoms with Gasteiger partial charge in [0.2, 0.25) is 0 Å². The number of halogens is 2. The van der Waals surface area contributed by atoms with Crippen LogP contribution in [0.25, 0.3) is 0 Å². The third-order valence-electron chi connectivity index (χ3n) is 5.80. The van der Waals surface area contributed by atoms with Crippen LogP contribution in [0.15, 0.2) is 29.3 Å². The average Bonchev–Trinajstić information content (AvgIpc) is 2.79. The fourth-order valence-electron chi connectivity index (χ4n) is 4.01. The average molecular weight is 549 g/mol. The van der Waals surface area contributed by atoms with Crippen LogP contribution in [0.4, 0.5) is 4.39 Å². The number of ether oxygens (including phenoxy) is 3. The molecule has 176 valence electrons. The van der Waals surface area contributed by atoms with Crippen LogP contribution in [0.1, 0.15) is 50.7 Å². The number of guanidine groups is 1. The van der Waals surface area contributed by atoms with Crippen molar-refractivity contribution in [3.8, 4) is 0 Å². The van der Waals surface area contributed by atoms with Crippen molar-refractivity contribution in [3.63, 3.8) is 0 Å². The highest BCUT2D eigenvalue weighted by Crippen LogP contribution is 2.20. The molecule has 1 aromatic rings. The molecule has 0 aliphatic carbocycles. The summed E-state index contributed by atoms with van der Waals surface area (Å²) >= 11 is 0. The van der Waals surface area contributed by atoms with E-state index in [1.54, 1.807) is 19.2 Å². The maximum atomic E-state index is 13.2. The predicted octanol–water partition coefficient (Wildman–Crippen LogP) is 4.15. The van der Waals surface area contributed by atoms with Gasteiger partial charge in [-0.3, -0.25) is 4.99 Å². The summed E-state index contributed by atoms with van der Waals surface area (Å²) in [6.07, 6.45) is 5.88. The Bertz CT molecular complexity index is 648. The number of benzene rings is 1. The summed E-state index contributed by atoms with van der Waals surface area (Å²) in [6, 6.07) is 6.43. The molecule has 0 saturated carbocycles. The van der Waals surface area contributed by atoms with E-state index in [4.69, 9.17) is 19.2 Å². The first-order valence-corrected chi connectivity index (χ1v) is 11.2. The first-order chi connectivity index (χ1) is 14.7. The van der Waals surface area contributed by atoms with Crippen molar-refractivity contribution >= 4 is 29.9 Å². The molecule has 1 N–H and O–H groups in total. The summed E-state index contributed by atoms with van der Waals surface area (Å²) in [5.41, 5.74) is 0.926.